The normalized spacial score (nSPS) is 13.8. The Hall–Kier alpha value is -2.49. The van der Waals surface area contributed by atoms with Gasteiger partial charge in [-0.15, -0.1) is 0 Å². The molecule has 4 heteroatoms. The summed E-state index contributed by atoms with van der Waals surface area (Å²) in [6, 6.07) is 18.4. The van der Waals surface area contributed by atoms with E-state index in [0.29, 0.717) is 6.67 Å². The lowest BCUT2D eigenvalue weighted by Gasteiger charge is -2.19. The van der Waals surface area contributed by atoms with Gasteiger partial charge in [-0.05, 0) is 29.8 Å². The second kappa shape index (κ2) is 5.65. The molecule has 0 spiro atoms. The third-order valence-corrected chi connectivity index (χ3v) is 3.31. The van der Waals surface area contributed by atoms with Gasteiger partial charge in [-0.25, -0.2) is 0 Å². The summed E-state index contributed by atoms with van der Waals surface area (Å²) in [5, 5.41) is 4.40. The number of nitrogens with one attached hydrogen (secondary N) is 1. The van der Waals surface area contributed by atoms with Crippen molar-refractivity contribution in [2.75, 3.05) is 18.7 Å². The molecule has 3 rings (SSSR count). The fourth-order valence-corrected chi connectivity index (χ4v) is 2.30. The number of methoxy groups -OCH3 is 1. The van der Waals surface area contributed by atoms with Crippen LogP contribution in [0.1, 0.15) is 5.56 Å². The van der Waals surface area contributed by atoms with Crippen LogP contribution in [-0.2, 0) is 6.42 Å². The van der Waals surface area contributed by atoms with Crippen molar-refractivity contribution < 1.29 is 4.74 Å². The largest absolute Gasteiger partial charge is 0.497 e. The van der Waals surface area contributed by atoms with Crippen molar-refractivity contribution in [3.8, 4) is 5.75 Å². The van der Waals surface area contributed by atoms with Gasteiger partial charge in [0.05, 0.1) is 7.11 Å². The van der Waals surface area contributed by atoms with Crippen molar-refractivity contribution in [3.63, 3.8) is 0 Å². The maximum atomic E-state index is 5.26. The summed E-state index contributed by atoms with van der Waals surface area (Å²) in [7, 11) is 1.68. The minimum Gasteiger partial charge on any atom is -0.497 e. The summed E-state index contributed by atoms with van der Waals surface area (Å²) in [4.78, 5) is 2.18. The number of para-hydroxylation sites is 1. The van der Waals surface area contributed by atoms with Gasteiger partial charge in [-0.3, -0.25) is 5.43 Å². The van der Waals surface area contributed by atoms with Crippen LogP contribution >= 0.6 is 0 Å². The van der Waals surface area contributed by atoms with E-state index in [1.807, 2.05) is 36.4 Å². The Kier molecular flexibility index (Phi) is 3.54. The first-order valence-electron chi connectivity index (χ1n) is 6.62. The van der Waals surface area contributed by atoms with E-state index in [2.05, 4.69) is 33.6 Å². The average molecular weight is 267 g/mol. The first-order chi connectivity index (χ1) is 9.86. The van der Waals surface area contributed by atoms with Crippen LogP contribution in [0.2, 0.25) is 0 Å². The van der Waals surface area contributed by atoms with Gasteiger partial charge in [0.2, 0.25) is 0 Å². The number of benzene rings is 2. The second-order valence-corrected chi connectivity index (χ2v) is 4.64. The number of amidine groups is 1. The van der Waals surface area contributed by atoms with Gasteiger partial charge in [0.1, 0.15) is 18.3 Å². The molecule has 0 unspecified atom stereocenters. The number of ether oxygens (including phenoxy) is 1. The van der Waals surface area contributed by atoms with Gasteiger partial charge >= 0.3 is 0 Å². The molecule has 0 amide bonds. The first kappa shape index (κ1) is 12.5. The lowest BCUT2D eigenvalue weighted by atomic mass is 10.1. The molecule has 2 aromatic rings. The molecule has 2 aromatic carbocycles. The number of rotatable bonds is 4. The minimum absolute atomic E-state index is 0.712. The van der Waals surface area contributed by atoms with Crippen molar-refractivity contribution in [1.82, 2.24) is 5.43 Å². The van der Waals surface area contributed by atoms with E-state index in [1.54, 1.807) is 7.11 Å². The molecule has 0 bridgehead atoms. The van der Waals surface area contributed by atoms with Gasteiger partial charge in [-0.2, -0.15) is 5.10 Å². The van der Waals surface area contributed by atoms with Crippen molar-refractivity contribution in [3.05, 3.63) is 60.2 Å². The smallest absolute Gasteiger partial charge is 0.135 e. The Bertz CT molecular complexity index is 610. The lowest BCUT2D eigenvalue weighted by molar-refractivity contribution is 0.414. The Morgan fingerprint density at radius 1 is 1.15 bits per heavy atom. The average Bonchev–Trinajstić information content (AvgIpc) is 2.96. The SMILES string of the molecule is COc1cccc(CC2=NNCN2c2ccccc2)c1. The quantitative estimate of drug-likeness (QED) is 0.925. The van der Waals surface area contributed by atoms with Crippen LogP contribution in [0.5, 0.6) is 5.75 Å². The second-order valence-electron chi connectivity index (χ2n) is 4.64. The molecule has 102 valence electrons. The predicted octanol–water partition coefficient (Wildman–Crippen LogP) is 2.62. The zero-order valence-corrected chi connectivity index (χ0v) is 11.4. The highest BCUT2D eigenvalue weighted by molar-refractivity contribution is 6.00. The molecular weight excluding hydrogens is 250 g/mol. The third kappa shape index (κ3) is 2.59. The summed E-state index contributed by atoms with van der Waals surface area (Å²) >= 11 is 0. The standard InChI is InChI=1S/C16H17N3O/c1-20-15-9-5-6-13(10-15)11-16-18-17-12-19(16)14-7-3-2-4-8-14/h2-10,17H,11-12H2,1H3. The highest BCUT2D eigenvalue weighted by Crippen LogP contribution is 2.19. The molecule has 0 fully saturated rings. The zero-order valence-electron chi connectivity index (χ0n) is 11.4. The summed E-state index contributed by atoms with van der Waals surface area (Å²) in [5.41, 5.74) is 5.39. The number of nitrogens with zero attached hydrogens (tertiary/aromatic N) is 2. The first-order valence-corrected chi connectivity index (χ1v) is 6.62. The van der Waals surface area contributed by atoms with Crippen LogP contribution in [-0.4, -0.2) is 19.6 Å². The predicted molar refractivity (Wildman–Crippen MR) is 81.1 cm³/mol. The molecular formula is C16H17N3O. The highest BCUT2D eigenvalue weighted by Gasteiger charge is 2.18. The van der Waals surface area contributed by atoms with Gasteiger partial charge in [0.15, 0.2) is 0 Å². The number of hydrogen-bond donors (Lipinski definition) is 1. The van der Waals surface area contributed by atoms with Gasteiger partial charge in [0.25, 0.3) is 0 Å². The van der Waals surface area contributed by atoms with E-state index in [4.69, 9.17) is 4.74 Å². The van der Waals surface area contributed by atoms with Crippen LogP contribution in [0.15, 0.2) is 59.7 Å². The van der Waals surface area contributed by atoms with Gasteiger partial charge < -0.3 is 9.64 Å². The fourth-order valence-electron chi connectivity index (χ4n) is 2.30. The van der Waals surface area contributed by atoms with Crippen molar-refractivity contribution in [2.24, 2.45) is 5.10 Å². The summed E-state index contributed by atoms with van der Waals surface area (Å²) in [6.45, 7) is 0.712. The number of anilines is 1. The van der Waals surface area contributed by atoms with Crippen LogP contribution < -0.4 is 15.1 Å². The Morgan fingerprint density at radius 3 is 2.80 bits per heavy atom. The Balaban J connectivity index is 1.79. The van der Waals surface area contributed by atoms with Crippen LogP contribution in [0.4, 0.5) is 5.69 Å². The molecule has 0 atom stereocenters. The molecule has 1 heterocycles. The van der Waals surface area contributed by atoms with E-state index in [-0.39, 0.29) is 0 Å². The lowest BCUT2D eigenvalue weighted by Crippen LogP contribution is -2.30. The maximum absolute atomic E-state index is 5.26. The molecule has 0 saturated carbocycles. The van der Waals surface area contributed by atoms with E-state index < -0.39 is 0 Å². The van der Waals surface area contributed by atoms with Gasteiger partial charge in [-0.1, -0.05) is 30.3 Å². The van der Waals surface area contributed by atoms with Crippen molar-refractivity contribution in [1.29, 1.82) is 0 Å². The summed E-state index contributed by atoms with van der Waals surface area (Å²) < 4.78 is 5.26. The van der Waals surface area contributed by atoms with E-state index in [9.17, 15) is 0 Å². The maximum Gasteiger partial charge on any atom is 0.135 e. The fraction of sp³-hybridized carbons (Fsp3) is 0.188. The third-order valence-electron chi connectivity index (χ3n) is 3.31. The molecule has 0 aliphatic carbocycles. The van der Waals surface area contributed by atoms with E-state index >= 15 is 0 Å². The molecule has 0 saturated heterocycles. The minimum atomic E-state index is 0.712. The Labute approximate surface area is 118 Å². The van der Waals surface area contributed by atoms with Crippen molar-refractivity contribution in [2.45, 2.75) is 6.42 Å². The number of hydrazone groups is 1. The molecule has 4 nitrogen and oxygen atoms in total. The molecule has 0 radical (unpaired) electrons. The molecule has 1 aliphatic heterocycles. The molecule has 1 aliphatic rings. The van der Waals surface area contributed by atoms with E-state index in [0.717, 1.165) is 23.7 Å². The number of hydrogen-bond acceptors (Lipinski definition) is 4. The zero-order chi connectivity index (χ0) is 13.8. The molecule has 20 heavy (non-hydrogen) atoms. The van der Waals surface area contributed by atoms with Crippen molar-refractivity contribution >= 4 is 11.5 Å². The summed E-state index contributed by atoms with van der Waals surface area (Å²) in [6.07, 6.45) is 0.777. The summed E-state index contributed by atoms with van der Waals surface area (Å²) in [5.74, 6) is 1.89. The van der Waals surface area contributed by atoms with Crippen LogP contribution in [0.3, 0.4) is 0 Å². The van der Waals surface area contributed by atoms with Crippen LogP contribution in [0, 0.1) is 0 Å². The Morgan fingerprint density at radius 2 is 2.00 bits per heavy atom. The monoisotopic (exact) mass is 267 g/mol. The topological polar surface area (TPSA) is 36.9 Å². The van der Waals surface area contributed by atoms with Crippen LogP contribution in [0.25, 0.3) is 0 Å². The highest BCUT2D eigenvalue weighted by atomic mass is 16.5. The molecule has 1 N–H and O–H groups in total. The van der Waals surface area contributed by atoms with E-state index in [1.165, 1.54) is 5.56 Å². The van der Waals surface area contributed by atoms with Gasteiger partial charge in [0, 0.05) is 12.1 Å². The molecule has 0 aromatic heterocycles.